The topological polar surface area (TPSA) is 6.48 Å². The van der Waals surface area contributed by atoms with Gasteiger partial charge in [-0.1, -0.05) is 113 Å². The maximum Gasteiger partial charge on any atom is 0.264 e. The van der Waals surface area contributed by atoms with Gasteiger partial charge in [0, 0.05) is 43.7 Å². The molecule has 274 valence electrons. The predicted octanol–water partition coefficient (Wildman–Crippen LogP) is 12.1. The summed E-state index contributed by atoms with van der Waals surface area (Å²) in [6, 6.07) is 29.8. The molecule has 4 heteroatoms. The van der Waals surface area contributed by atoms with E-state index in [1.165, 1.54) is 95.7 Å². The van der Waals surface area contributed by atoms with Gasteiger partial charge in [0.15, 0.2) is 0 Å². The minimum atomic E-state index is 0.0408. The normalized spacial score (nSPS) is 23.1. The Hall–Kier alpha value is -3.50. The van der Waals surface area contributed by atoms with Gasteiger partial charge in [-0.3, -0.25) is 0 Å². The number of aryl methyl sites for hydroxylation is 1. The second-order valence-electron chi connectivity index (χ2n) is 21.1. The van der Waals surface area contributed by atoms with Crippen LogP contribution in [0, 0.1) is 23.7 Å². The van der Waals surface area contributed by atoms with Gasteiger partial charge in [-0.2, -0.15) is 0 Å². The molecule has 4 aromatic carbocycles. The fourth-order valence-corrected chi connectivity index (χ4v) is 12.2. The number of anilines is 5. The maximum atomic E-state index is 2.93. The number of benzene rings is 4. The van der Waals surface area contributed by atoms with Crippen molar-refractivity contribution in [1.29, 1.82) is 0 Å². The van der Waals surface area contributed by atoms with E-state index < -0.39 is 0 Å². The van der Waals surface area contributed by atoms with E-state index in [9.17, 15) is 0 Å². The van der Waals surface area contributed by atoms with Crippen LogP contribution in [0.3, 0.4) is 0 Å². The first-order valence-corrected chi connectivity index (χ1v) is 21.1. The van der Waals surface area contributed by atoms with Gasteiger partial charge in [0.2, 0.25) is 0 Å². The lowest BCUT2D eigenvalue weighted by molar-refractivity contribution is 0.136. The SMILES string of the molecule is Cc1cc2c3c(c1)N(C1CC4CCC1(C)C4(C)C)c1c(sc4ccc(C(C)(C)C)cc14)B3c1cc(C(C)(C)C)ccc1N2c1ccc(C(C)(C)C)cc1. The lowest BCUT2D eigenvalue weighted by atomic mass is 9.36. The number of thiophene rings is 1. The monoisotopic (exact) mass is 718 g/mol. The average Bonchev–Trinajstić information content (AvgIpc) is 3.62. The largest absolute Gasteiger partial charge is 0.337 e. The Morgan fingerprint density at radius 1 is 0.698 bits per heavy atom. The highest BCUT2D eigenvalue weighted by Gasteiger charge is 2.64. The zero-order valence-corrected chi connectivity index (χ0v) is 35.4. The van der Waals surface area contributed by atoms with E-state index in [-0.39, 0.29) is 28.4 Å². The van der Waals surface area contributed by atoms with E-state index in [0.29, 0.717) is 11.5 Å². The minimum absolute atomic E-state index is 0.0408. The van der Waals surface area contributed by atoms with Crippen LogP contribution in [0.15, 0.2) is 72.8 Å². The van der Waals surface area contributed by atoms with Crippen LogP contribution >= 0.6 is 11.3 Å². The molecule has 2 saturated carbocycles. The highest BCUT2D eigenvalue weighted by atomic mass is 32.1. The number of rotatable bonds is 2. The van der Waals surface area contributed by atoms with E-state index in [1.54, 1.807) is 0 Å². The Kier molecular flexibility index (Phi) is 7.35. The van der Waals surface area contributed by atoms with E-state index >= 15 is 0 Å². The summed E-state index contributed by atoms with van der Waals surface area (Å²) in [6.07, 6.45) is 3.92. The molecule has 53 heavy (non-hydrogen) atoms. The summed E-state index contributed by atoms with van der Waals surface area (Å²) in [5.41, 5.74) is 16.0. The highest BCUT2D eigenvalue weighted by molar-refractivity contribution is 7.33. The van der Waals surface area contributed by atoms with Gasteiger partial charge in [-0.25, -0.2) is 0 Å². The molecule has 2 nitrogen and oxygen atoms in total. The van der Waals surface area contributed by atoms with Crippen LogP contribution in [0.25, 0.3) is 10.1 Å². The lowest BCUT2D eigenvalue weighted by Crippen LogP contribution is -2.63. The molecule has 3 atom stereocenters. The van der Waals surface area contributed by atoms with Gasteiger partial charge in [0.05, 0.1) is 5.69 Å². The first kappa shape index (κ1) is 35.2. The van der Waals surface area contributed by atoms with Crippen LogP contribution in [0.4, 0.5) is 28.4 Å². The van der Waals surface area contributed by atoms with Crippen molar-refractivity contribution in [1.82, 2.24) is 0 Å². The van der Waals surface area contributed by atoms with E-state index in [2.05, 4.69) is 184 Å². The Morgan fingerprint density at radius 3 is 1.91 bits per heavy atom. The minimum Gasteiger partial charge on any atom is -0.337 e. The van der Waals surface area contributed by atoms with E-state index in [0.717, 1.165) is 5.92 Å². The molecule has 0 N–H and O–H groups in total. The second kappa shape index (κ2) is 11.1. The Labute approximate surface area is 324 Å². The van der Waals surface area contributed by atoms with Gasteiger partial charge in [0.25, 0.3) is 6.71 Å². The standard InChI is InChI=1S/C49H59BN2S/c1-29-24-38-42-39(25-29)52(41-28-33-22-23-49(41,13)48(33,11)12)43-35-26-31(46(5,6)7)17-21-40(35)53-44(43)50(42)36-27-32(47(8,9)10)16-20-37(36)51(38)34-18-14-30(15-19-34)45(2,3)4/h14-21,24-27,33,41H,22-23,28H2,1-13H3. The third-order valence-electron chi connectivity index (χ3n) is 14.6. The number of hydrogen-bond acceptors (Lipinski definition) is 3. The number of nitrogens with zero attached hydrogens (tertiary/aromatic N) is 2. The van der Waals surface area contributed by atoms with Crippen LogP contribution in [0.2, 0.25) is 0 Å². The molecule has 2 fully saturated rings. The quantitative estimate of drug-likeness (QED) is 0.165. The van der Waals surface area contributed by atoms with E-state index in [1.807, 2.05) is 0 Å². The van der Waals surface area contributed by atoms with Crippen LogP contribution in [-0.2, 0) is 16.2 Å². The molecular weight excluding hydrogens is 659 g/mol. The van der Waals surface area contributed by atoms with Crippen LogP contribution in [0.1, 0.15) is 125 Å². The van der Waals surface area contributed by atoms with Gasteiger partial charge < -0.3 is 9.80 Å². The van der Waals surface area contributed by atoms with Crippen molar-refractivity contribution in [2.45, 2.75) is 132 Å². The van der Waals surface area contributed by atoms with Crippen molar-refractivity contribution < 1.29 is 0 Å². The molecule has 0 spiro atoms. The Morgan fingerprint density at radius 2 is 1.30 bits per heavy atom. The van der Waals surface area contributed by atoms with Gasteiger partial charge in [-0.05, 0) is 135 Å². The van der Waals surface area contributed by atoms with E-state index in [4.69, 9.17) is 0 Å². The maximum absolute atomic E-state index is 2.93. The van der Waals surface area contributed by atoms with Crippen molar-refractivity contribution in [2.75, 3.05) is 9.80 Å². The number of hydrogen-bond donors (Lipinski definition) is 0. The molecule has 0 radical (unpaired) electrons. The summed E-state index contributed by atoms with van der Waals surface area (Å²) in [7, 11) is 0. The first-order valence-electron chi connectivity index (χ1n) is 20.3. The fourth-order valence-electron chi connectivity index (χ4n) is 10.9. The van der Waals surface area contributed by atoms with Crippen LogP contribution < -0.4 is 25.5 Å². The van der Waals surface area contributed by atoms with Gasteiger partial charge in [0.1, 0.15) is 0 Å². The highest BCUT2D eigenvalue weighted by Crippen LogP contribution is 2.68. The second-order valence-corrected chi connectivity index (χ2v) is 22.2. The summed E-state index contributed by atoms with van der Waals surface area (Å²) < 4.78 is 2.95. The van der Waals surface area contributed by atoms with Crippen molar-refractivity contribution in [3.63, 3.8) is 0 Å². The molecule has 9 rings (SSSR count). The van der Waals surface area contributed by atoms with Crippen molar-refractivity contribution in [2.24, 2.45) is 16.7 Å². The zero-order valence-electron chi connectivity index (χ0n) is 34.6. The predicted molar refractivity (Wildman–Crippen MR) is 234 cm³/mol. The average molecular weight is 719 g/mol. The summed E-state index contributed by atoms with van der Waals surface area (Å²) in [6.45, 7) is 31.4. The third kappa shape index (κ3) is 4.95. The lowest BCUT2D eigenvalue weighted by Gasteiger charge is -2.50. The molecule has 2 aliphatic carbocycles. The summed E-state index contributed by atoms with van der Waals surface area (Å²) in [4.78, 5) is 5.54. The molecule has 0 amide bonds. The molecule has 2 bridgehead atoms. The van der Waals surface area contributed by atoms with Crippen molar-refractivity contribution in [3.8, 4) is 0 Å². The first-order chi connectivity index (χ1) is 24.7. The van der Waals surface area contributed by atoms with Gasteiger partial charge >= 0.3 is 0 Å². The Balaban J connectivity index is 1.38. The molecule has 3 unspecified atom stereocenters. The summed E-state index contributed by atoms with van der Waals surface area (Å²) >= 11 is 2.06. The molecule has 2 aliphatic heterocycles. The summed E-state index contributed by atoms with van der Waals surface area (Å²) in [5.74, 6) is 0.752. The van der Waals surface area contributed by atoms with Crippen molar-refractivity contribution >= 4 is 72.3 Å². The smallest absolute Gasteiger partial charge is 0.264 e. The van der Waals surface area contributed by atoms with Crippen LogP contribution in [0.5, 0.6) is 0 Å². The van der Waals surface area contributed by atoms with Crippen LogP contribution in [-0.4, -0.2) is 12.8 Å². The zero-order chi connectivity index (χ0) is 37.8. The molecule has 1 aromatic heterocycles. The van der Waals surface area contributed by atoms with Crippen molar-refractivity contribution in [3.05, 3.63) is 95.1 Å². The molecule has 3 heterocycles. The molecule has 4 aliphatic rings. The third-order valence-corrected chi connectivity index (χ3v) is 15.8. The molecular formula is C49H59BN2S. The number of fused-ring (bicyclic) bond motifs is 8. The molecule has 5 aromatic rings. The molecule has 0 saturated heterocycles. The summed E-state index contributed by atoms with van der Waals surface area (Å²) in [5, 5.41) is 1.45. The Bertz CT molecular complexity index is 2310. The van der Waals surface area contributed by atoms with Gasteiger partial charge in [-0.15, -0.1) is 11.3 Å². The fraction of sp³-hybridized carbons (Fsp3) is 0.469.